The number of nitrogens with one attached hydrogen (secondary N) is 2. The van der Waals surface area contributed by atoms with Gasteiger partial charge in [-0.15, -0.1) is 0 Å². The molecule has 5 heterocycles. The Kier molecular flexibility index (Phi) is 12.2. The summed E-state index contributed by atoms with van der Waals surface area (Å²) in [6.07, 6.45) is 3.39. The Hall–Kier alpha value is -5.72. The smallest absolute Gasteiger partial charge is 0.407 e. The van der Waals surface area contributed by atoms with Crippen LogP contribution in [0.3, 0.4) is 0 Å². The summed E-state index contributed by atoms with van der Waals surface area (Å²) in [6, 6.07) is 14.0. The topological polar surface area (TPSA) is 156 Å². The van der Waals surface area contributed by atoms with E-state index in [1.54, 1.807) is 0 Å². The Bertz CT molecular complexity index is 2490. The van der Waals surface area contributed by atoms with Gasteiger partial charge in [-0.1, -0.05) is 59.7 Å². The number of carbonyl (C=O) groups excluding carboxylic acids is 4. The average Bonchev–Trinajstić information content (AvgIpc) is 4.07. The molecule has 13 heteroatoms. The highest BCUT2D eigenvalue weighted by molar-refractivity contribution is 6.06. The van der Waals surface area contributed by atoms with Gasteiger partial charge in [0.2, 0.25) is 11.8 Å². The van der Waals surface area contributed by atoms with Crippen LogP contribution in [0, 0.1) is 17.8 Å². The first-order valence-corrected chi connectivity index (χ1v) is 22.7. The maximum Gasteiger partial charge on any atom is 0.407 e. The number of methoxy groups -OCH3 is 2. The minimum absolute atomic E-state index is 0.000388. The molecule has 4 aliphatic rings. The molecule has 4 aliphatic heterocycles. The van der Waals surface area contributed by atoms with E-state index in [9.17, 15) is 19.2 Å². The predicted molar refractivity (Wildman–Crippen MR) is 243 cm³/mol. The Morgan fingerprint density at radius 2 is 1.56 bits per heavy atom. The van der Waals surface area contributed by atoms with Crippen LogP contribution in [0.1, 0.15) is 122 Å². The van der Waals surface area contributed by atoms with Gasteiger partial charge in [-0.25, -0.2) is 9.78 Å². The zero-order valence-electron chi connectivity index (χ0n) is 38.3. The summed E-state index contributed by atoms with van der Waals surface area (Å²) in [5.74, 6) is 0.619. The first kappa shape index (κ1) is 43.9. The van der Waals surface area contributed by atoms with E-state index in [1.165, 1.54) is 14.2 Å². The fourth-order valence-corrected chi connectivity index (χ4v) is 10.3. The zero-order chi connectivity index (χ0) is 45.0. The van der Waals surface area contributed by atoms with Crippen molar-refractivity contribution in [1.29, 1.82) is 0 Å². The number of aliphatic imine (C=N–C) groups is 1. The summed E-state index contributed by atoms with van der Waals surface area (Å²) in [7, 11) is 2.67. The summed E-state index contributed by atoms with van der Waals surface area (Å²) < 4.78 is 16.3. The van der Waals surface area contributed by atoms with Gasteiger partial charge >= 0.3 is 12.1 Å². The van der Waals surface area contributed by atoms with E-state index in [2.05, 4.69) is 80.5 Å². The number of esters is 1. The molecular weight excluding hydrogens is 797 g/mol. The molecule has 1 aromatic heterocycles. The van der Waals surface area contributed by atoms with Crippen LogP contribution in [0.15, 0.2) is 47.5 Å². The summed E-state index contributed by atoms with van der Waals surface area (Å²) >= 11 is 0. The van der Waals surface area contributed by atoms with Gasteiger partial charge in [0.25, 0.3) is 0 Å². The number of nitrogens with zero attached hydrogens (tertiary/aromatic N) is 4. The van der Waals surface area contributed by atoms with Crippen molar-refractivity contribution in [1.82, 2.24) is 25.1 Å². The van der Waals surface area contributed by atoms with Crippen molar-refractivity contribution < 1.29 is 33.4 Å². The highest BCUT2D eigenvalue weighted by atomic mass is 16.5. The molecule has 0 spiro atoms. The largest absolute Gasteiger partial charge is 0.488 e. The molecule has 0 unspecified atom stereocenters. The van der Waals surface area contributed by atoms with Crippen LogP contribution in [-0.4, -0.2) is 87.7 Å². The molecule has 0 bridgehead atoms. The molecule has 0 aliphatic carbocycles. The van der Waals surface area contributed by atoms with Gasteiger partial charge < -0.3 is 34.3 Å². The molecule has 2 N–H and O–H groups in total. The fraction of sp³-hybridized carbons (Fsp3) is 0.520. The van der Waals surface area contributed by atoms with Crippen molar-refractivity contribution in [3.8, 4) is 28.1 Å². The molecule has 0 saturated carbocycles. The minimum atomic E-state index is -0.722. The maximum absolute atomic E-state index is 14.1. The van der Waals surface area contributed by atoms with Crippen molar-refractivity contribution in [3.63, 3.8) is 0 Å². The molecule has 2 saturated heterocycles. The number of hydrogen-bond acceptors (Lipinski definition) is 9. The number of fused-ring (bicyclic) bond motifs is 6. The molecular formula is C50H62N6O7. The number of alkyl carbamates (subject to hydrolysis) is 1. The monoisotopic (exact) mass is 858 g/mol. The van der Waals surface area contributed by atoms with E-state index in [0.29, 0.717) is 13.0 Å². The van der Waals surface area contributed by atoms with Crippen LogP contribution in [-0.2, 0) is 36.9 Å². The second kappa shape index (κ2) is 17.4. The van der Waals surface area contributed by atoms with Gasteiger partial charge in [-0.2, -0.15) is 0 Å². The lowest BCUT2D eigenvalue weighted by Crippen LogP contribution is -2.52. The van der Waals surface area contributed by atoms with Crippen molar-refractivity contribution in [2.24, 2.45) is 22.7 Å². The number of ether oxygens (including phenoxy) is 3. The van der Waals surface area contributed by atoms with Gasteiger partial charge in [0, 0.05) is 41.0 Å². The number of hydrogen-bond donors (Lipinski definition) is 2. The van der Waals surface area contributed by atoms with Crippen LogP contribution >= 0.6 is 0 Å². The number of rotatable bonds is 11. The molecule has 0 radical (unpaired) electrons. The molecule has 13 nitrogen and oxygen atoms in total. The number of imidazole rings is 1. The van der Waals surface area contributed by atoms with Gasteiger partial charge in [-0.3, -0.25) is 19.4 Å². The number of likely N-dealkylation sites (tertiary alicyclic amines) is 2. The van der Waals surface area contributed by atoms with Crippen LogP contribution in [0.4, 0.5) is 10.5 Å². The van der Waals surface area contributed by atoms with E-state index >= 15 is 0 Å². The third-order valence-electron chi connectivity index (χ3n) is 13.9. The molecule has 2 fully saturated rings. The molecule has 3 aromatic carbocycles. The third kappa shape index (κ3) is 8.08. The quantitative estimate of drug-likeness (QED) is 0.142. The van der Waals surface area contributed by atoms with Crippen molar-refractivity contribution in [2.45, 2.75) is 137 Å². The second-order valence-corrected chi connectivity index (χ2v) is 19.0. The van der Waals surface area contributed by atoms with E-state index in [0.717, 1.165) is 98.6 Å². The summed E-state index contributed by atoms with van der Waals surface area (Å²) in [5, 5.41) is 4.95. The molecule has 334 valence electrons. The highest BCUT2D eigenvalue weighted by Crippen LogP contribution is 2.46. The predicted octanol–water partition coefficient (Wildman–Crippen LogP) is 9.19. The number of aromatic nitrogens is 2. The zero-order valence-corrected chi connectivity index (χ0v) is 38.3. The highest BCUT2D eigenvalue weighted by Gasteiger charge is 2.44. The van der Waals surface area contributed by atoms with Crippen LogP contribution in [0.2, 0.25) is 0 Å². The van der Waals surface area contributed by atoms with Gasteiger partial charge in [-0.05, 0) is 109 Å². The third-order valence-corrected chi connectivity index (χ3v) is 13.9. The molecule has 63 heavy (non-hydrogen) atoms. The summed E-state index contributed by atoms with van der Waals surface area (Å²) in [4.78, 5) is 70.6. The molecule has 8 rings (SSSR count). The first-order valence-electron chi connectivity index (χ1n) is 22.7. The van der Waals surface area contributed by atoms with E-state index in [4.69, 9.17) is 24.2 Å². The second-order valence-electron chi connectivity index (χ2n) is 19.0. The number of benzene rings is 3. The number of H-pyrrole nitrogens is 1. The van der Waals surface area contributed by atoms with Crippen LogP contribution in [0.5, 0.6) is 5.75 Å². The van der Waals surface area contributed by atoms with Crippen molar-refractivity contribution in [2.75, 3.05) is 14.2 Å². The number of carbonyl (C=O) groups is 4. The van der Waals surface area contributed by atoms with Crippen molar-refractivity contribution >= 4 is 46.0 Å². The Morgan fingerprint density at radius 1 is 0.841 bits per heavy atom. The summed E-state index contributed by atoms with van der Waals surface area (Å²) in [5.41, 5.74) is 9.11. The molecule has 4 aromatic rings. The van der Waals surface area contributed by atoms with Crippen LogP contribution < -0.4 is 10.1 Å². The molecule has 3 amide bonds. The summed E-state index contributed by atoms with van der Waals surface area (Å²) in [6.45, 7) is 16.7. The SMILES string of the molecule is COC(=O)C[C@H](C(=O)N1[C@@H](C)CC[C@H]1C1=Nc2ccc3cc4c(cc3c2C1)OCc1cc(-c2nc([C@@H]3CC[C@H](C)N3C(=O)[C@@H](NC(=O)OC)C(C)C)[nH]c2C(C)C)ccc1-4)C(C)C. The van der Waals surface area contributed by atoms with E-state index < -0.39 is 18.1 Å². The Morgan fingerprint density at radius 3 is 2.22 bits per heavy atom. The Labute approximate surface area is 370 Å². The number of aromatic amines is 1. The van der Waals surface area contributed by atoms with Gasteiger partial charge in [0.05, 0.1) is 50.0 Å². The van der Waals surface area contributed by atoms with Crippen LogP contribution in [0.25, 0.3) is 33.2 Å². The Balaban J connectivity index is 1.05. The lowest BCUT2D eigenvalue weighted by atomic mass is 9.89. The van der Waals surface area contributed by atoms with E-state index in [-0.39, 0.29) is 66.1 Å². The first-order chi connectivity index (χ1) is 30.1. The maximum atomic E-state index is 14.1. The molecule has 6 atom stereocenters. The van der Waals surface area contributed by atoms with Gasteiger partial charge in [0.1, 0.15) is 24.2 Å². The van der Waals surface area contributed by atoms with E-state index in [1.807, 2.05) is 37.5 Å². The average molecular weight is 859 g/mol. The number of amides is 3. The standard InChI is InChI=1S/C50H62N6O7/c1-25(2)34(23-43(57)61-9)48(58)55-28(7)11-17-40(55)39-21-36-35-22-42-37(20-30(35)14-16-38(36)51-39)33-15-13-31(19-32(33)24-63-42)46-44(26(3)4)52-47(53-46)41-18-12-29(8)56(41)49(59)45(27(5)6)54-50(60)62-10/h13-16,19-20,22,25-29,34,40-41,45H,11-12,17-18,21,23-24H2,1-10H3,(H,52,53)(H,54,60)/t28-,29-,34-,40-,41-,45-/m0/s1. The lowest BCUT2D eigenvalue weighted by molar-refractivity contribution is -0.148. The normalized spacial score (nSPS) is 21.3. The van der Waals surface area contributed by atoms with Gasteiger partial charge in [0.15, 0.2) is 0 Å². The fourth-order valence-electron chi connectivity index (χ4n) is 10.3. The lowest BCUT2D eigenvalue weighted by Gasteiger charge is -2.33. The van der Waals surface area contributed by atoms with Crippen molar-refractivity contribution in [3.05, 3.63) is 65.1 Å². The minimum Gasteiger partial charge on any atom is -0.488 e.